The fraction of sp³-hybridized carbons (Fsp3) is 0.417. The molecule has 1 aromatic rings. The third-order valence-electron chi connectivity index (χ3n) is 3.13. The van der Waals surface area contributed by atoms with Crippen molar-refractivity contribution >= 4 is 29.2 Å². The van der Waals surface area contributed by atoms with Crippen molar-refractivity contribution in [2.45, 2.75) is 13.0 Å². The van der Waals surface area contributed by atoms with Crippen LogP contribution in [0.2, 0.25) is 10.0 Å². The smallest absolute Gasteiger partial charge is 0.307 e. The standard InChI is InChI=1S/C12H12Cl2FNO2/c13-10-7(1-2-9(15)11(10)14)5-16-4-3-8(6-16)12(17)18/h1-2,8H,3-6H2,(H,17,18). The Balaban J connectivity index is 2.07. The fourth-order valence-corrected chi connectivity index (χ4v) is 2.50. The van der Waals surface area contributed by atoms with Crippen molar-refractivity contribution in [2.24, 2.45) is 5.92 Å². The molecule has 6 heteroatoms. The Morgan fingerprint density at radius 2 is 2.17 bits per heavy atom. The Bertz CT molecular complexity index is 481. The van der Waals surface area contributed by atoms with E-state index < -0.39 is 11.8 Å². The number of carbonyl (C=O) groups is 1. The third kappa shape index (κ3) is 2.76. The first kappa shape index (κ1) is 13.6. The number of nitrogens with zero attached hydrogens (tertiary/aromatic N) is 1. The highest BCUT2D eigenvalue weighted by molar-refractivity contribution is 6.42. The summed E-state index contributed by atoms with van der Waals surface area (Å²) in [6.45, 7) is 1.67. The quantitative estimate of drug-likeness (QED) is 0.870. The van der Waals surface area contributed by atoms with Gasteiger partial charge >= 0.3 is 5.97 Å². The van der Waals surface area contributed by atoms with Crippen molar-refractivity contribution < 1.29 is 14.3 Å². The highest BCUT2D eigenvalue weighted by Gasteiger charge is 2.28. The minimum atomic E-state index is -0.777. The topological polar surface area (TPSA) is 40.5 Å². The van der Waals surface area contributed by atoms with Crippen LogP contribution in [0.3, 0.4) is 0 Å². The summed E-state index contributed by atoms with van der Waals surface area (Å²) >= 11 is 11.7. The van der Waals surface area contributed by atoms with Gasteiger partial charge in [0.15, 0.2) is 0 Å². The normalized spacial score (nSPS) is 20.3. The number of rotatable bonds is 3. The van der Waals surface area contributed by atoms with E-state index in [1.165, 1.54) is 6.07 Å². The van der Waals surface area contributed by atoms with E-state index >= 15 is 0 Å². The third-order valence-corrected chi connectivity index (χ3v) is 4.03. The maximum absolute atomic E-state index is 13.1. The lowest BCUT2D eigenvalue weighted by atomic mass is 10.1. The molecule has 18 heavy (non-hydrogen) atoms. The van der Waals surface area contributed by atoms with Gasteiger partial charge in [0.1, 0.15) is 5.82 Å². The lowest BCUT2D eigenvalue weighted by molar-refractivity contribution is -0.141. The molecule has 1 unspecified atom stereocenters. The van der Waals surface area contributed by atoms with Crippen molar-refractivity contribution in [3.8, 4) is 0 Å². The average molecular weight is 292 g/mol. The largest absolute Gasteiger partial charge is 0.481 e. The number of benzene rings is 1. The molecule has 0 aliphatic carbocycles. The van der Waals surface area contributed by atoms with Gasteiger partial charge in [-0.05, 0) is 24.6 Å². The van der Waals surface area contributed by atoms with Gasteiger partial charge < -0.3 is 5.11 Å². The van der Waals surface area contributed by atoms with Crippen molar-refractivity contribution in [3.05, 3.63) is 33.6 Å². The van der Waals surface area contributed by atoms with Crippen LogP contribution >= 0.6 is 23.2 Å². The maximum atomic E-state index is 13.1. The highest BCUT2D eigenvalue weighted by atomic mass is 35.5. The summed E-state index contributed by atoms with van der Waals surface area (Å²) in [5.41, 5.74) is 0.717. The van der Waals surface area contributed by atoms with Gasteiger partial charge in [-0.25, -0.2) is 4.39 Å². The van der Waals surface area contributed by atoms with E-state index in [0.29, 0.717) is 31.6 Å². The molecule has 1 heterocycles. The van der Waals surface area contributed by atoms with E-state index in [1.807, 2.05) is 4.90 Å². The van der Waals surface area contributed by atoms with Gasteiger partial charge in [0.2, 0.25) is 0 Å². The summed E-state index contributed by atoms with van der Waals surface area (Å²) in [4.78, 5) is 12.8. The van der Waals surface area contributed by atoms with Gasteiger partial charge in [-0.1, -0.05) is 29.3 Å². The zero-order valence-electron chi connectivity index (χ0n) is 9.50. The van der Waals surface area contributed by atoms with Crippen molar-refractivity contribution in [2.75, 3.05) is 13.1 Å². The van der Waals surface area contributed by atoms with Gasteiger partial charge in [-0.2, -0.15) is 0 Å². The molecule has 3 nitrogen and oxygen atoms in total. The minimum absolute atomic E-state index is 0.0804. The molecule has 1 saturated heterocycles. The van der Waals surface area contributed by atoms with E-state index in [1.54, 1.807) is 6.07 Å². The Hall–Kier alpha value is -0.840. The number of aliphatic carboxylic acids is 1. The number of hydrogen-bond donors (Lipinski definition) is 1. The molecule has 0 spiro atoms. The van der Waals surface area contributed by atoms with Crippen LogP contribution in [0.5, 0.6) is 0 Å². The molecule has 0 saturated carbocycles. The summed E-state index contributed by atoms with van der Waals surface area (Å²) in [6, 6.07) is 2.85. The van der Waals surface area contributed by atoms with Gasteiger partial charge in [0.25, 0.3) is 0 Å². The van der Waals surface area contributed by atoms with Crippen molar-refractivity contribution in [3.63, 3.8) is 0 Å². The van der Waals surface area contributed by atoms with Gasteiger partial charge in [0.05, 0.1) is 16.0 Å². The molecule has 1 atom stereocenters. The first-order valence-electron chi connectivity index (χ1n) is 5.56. The second-order valence-electron chi connectivity index (χ2n) is 4.39. The molecule has 98 valence electrons. The zero-order chi connectivity index (χ0) is 13.3. The Morgan fingerprint density at radius 1 is 1.44 bits per heavy atom. The summed E-state index contributed by atoms with van der Waals surface area (Å²) in [5, 5.41) is 9.03. The lowest BCUT2D eigenvalue weighted by Gasteiger charge is -2.16. The van der Waals surface area contributed by atoms with Crippen LogP contribution in [-0.2, 0) is 11.3 Å². The second-order valence-corrected chi connectivity index (χ2v) is 5.15. The molecule has 1 fully saturated rings. The fourth-order valence-electron chi connectivity index (χ4n) is 2.11. The Morgan fingerprint density at radius 3 is 2.78 bits per heavy atom. The first-order valence-corrected chi connectivity index (χ1v) is 6.32. The van der Waals surface area contributed by atoms with Crippen LogP contribution < -0.4 is 0 Å². The Labute approximate surface area is 114 Å². The zero-order valence-corrected chi connectivity index (χ0v) is 11.0. The molecule has 0 bridgehead atoms. The van der Waals surface area contributed by atoms with E-state index in [4.69, 9.17) is 28.3 Å². The maximum Gasteiger partial charge on any atom is 0.307 e. The summed E-state index contributed by atoms with van der Waals surface area (Å²) in [6.07, 6.45) is 0.627. The molecule has 0 amide bonds. The summed E-state index contributed by atoms with van der Waals surface area (Å²) in [7, 11) is 0. The SMILES string of the molecule is O=C(O)C1CCN(Cc2ccc(F)c(Cl)c2Cl)C1. The molecule has 1 N–H and O–H groups in total. The molecule has 0 radical (unpaired) electrons. The molecular formula is C12H12Cl2FNO2. The molecule has 2 rings (SSSR count). The lowest BCUT2D eigenvalue weighted by Crippen LogP contribution is -2.23. The van der Waals surface area contributed by atoms with Crippen LogP contribution in [0.15, 0.2) is 12.1 Å². The monoisotopic (exact) mass is 291 g/mol. The van der Waals surface area contributed by atoms with Crippen LogP contribution in [0.25, 0.3) is 0 Å². The number of likely N-dealkylation sites (tertiary alicyclic amines) is 1. The first-order chi connectivity index (χ1) is 8.49. The molecule has 0 aromatic heterocycles. The van der Waals surface area contributed by atoms with Crippen LogP contribution in [0, 0.1) is 11.7 Å². The number of halogens is 3. The second kappa shape index (κ2) is 5.43. The highest BCUT2D eigenvalue weighted by Crippen LogP contribution is 2.30. The van der Waals surface area contributed by atoms with Crippen molar-refractivity contribution in [1.82, 2.24) is 4.90 Å². The van der Waals surface area contributed by atoms with Crippen LogP contribution in [0.4, 0.5) is 4.39 Å². The van der Waals surface area contributed by atoms with E-state index in [2.05, 4.69) is 0 Å². The van der Waals surface area contributed by atoms with E-state index in [-0.39, 0.29) is 16.0 Å². The molecule has 1 aliphatic heterocycles. The van der Waals surface area contributed by atoms with Gasteiger partial charge in [0, 0.05) is 13.1 Å². The van der Waals surface area contributed by atoms with Crippen LogP contribution in [0.1, 0.15) is 12.0 Å². The van der Waals surface area contributed by atoms with Crippen molar-refractivity contribution in [1.29, 1.82) is 0 Å². The predicted molar refractivity (Wildman–Crippen MR) is 67.4 cm³/mol. The van der Waals surface area contributed by atoms with Gasteiger partial charge in [-0.3, -0.25) is 9.69 Å². The number of carboxylic acids is 1. The average Bonchev–Trinajstić information content (AvgIpc) is 2.79. The number of carboxylic acid groups (broad SMARTS) is 1. The van der Waals surface area contributed by atoms with Crippen LogP contribution in [-0.4, -0.2) is 29.1 Å². The minimum Gasteiger partial charge on any atom is -0.481 e. The van der Waals surface area contributed by atoms with E-state index in [0.717, 1.165) is 0 Å². The van der Waals surface area contributed by atoms with Gasteiger partial charge in [-0.15, -0.1) is 0 Å². The summed E-state index contributed by atoms with van der Waals surface area (Å²) in [5.74, 6) is -1.66. The predicted octanol–water partition coefficient (Wildman–Crippen LogP) is 3.04. The van der Waals surface area contributed by atoms with E-state index in [9.17, 15) is 9.18 Å². The molecule has 1 aliphatic rings. The Kier molecular flexibility index (Phi) is 4.10. The molecular weight excluding hydrogens is 280 g/mol. The summed E-state index contributed by atoms with van der Waals surface area (Å²) < 4.78 is 13.1. The number of hydrogen-bond acceptors (Lipinski definition) is 2. The molecule has 1 aromatic carbocycles.